The average molecular weight is 829 g/mol. The number of aromatic nitrogens is 2. The zero-order valence-corrected chi connectivity index (χ0v) is 35.0. The van der Waals surface area contributed by atoms with Crippen molar-refractivity contribution in [3.05, 3.63) is 241 Å². The summed E-state index contributed by atoms with van der Waals surface area (Å²) in [5.41, 5.74) is 17.5. The average Bonchev–Trinajstić information content (AvgIpc) is 4.16. The summed E-state index contributed by atoms with van der Waals surface area (Å²) < 4.78 is 17.4. The number of benzene rings is 10. The molecule has 0 N–H and O–H groups in total. The smallest absolute Gasteiger partial charge is 0.135 e. The molecule has 0 saturated carbocycles. The van der Waals surface area contributed by atoms with E-state index < -0.39 is 5.41 Å². The molecule has 0 bridgehead atoms. The second-order valence-electron chi connectivity index (χ2n) is 17.6. The van der Waals surface area contributed by atoms with Crippen molar-refractivity contribution in [1.82, 2.24) is 9.13 Å². The van der Waals surface area contributed by atoms with E-state index in [1.54, 1.807) is 0 Å². The molecule has 1 aliphatic rings. The van der Waals surface area contributed by atoms with E-state index in [1.807, 2.05) is 24.3 Å². The van der Waals surface area contributed by atoms with Crippen LogP contribution in [0, 0.1) is 0 Å². The van der Waals surface area contributed by atoms with Gasteiger partial charge in [-0.1, -0.05) is 133 Å². The molecular weight excluding hydrogens is 793 g/mol. The Hall–Kier alpha value is -8.60. The largest absolute Gasteiger partial charge is 0.456 e. The molecule has 0 spiro atoms. The first-order valence-electron chi connectivity index (χ1n) is 22.3. The predicted molar refractivity (Wildman–Crippen MR) is 267 cm³/mol. The van der Waals surface area contributed by atoms with Crippen molar-refractivity contribution in [1.29, 1.82) is 0 Å². The van der Waals surface area contributed by atoms with E-state index in [9.17, 15) is 0 Å². The highest BCUT2D eigenvalue weighted by Crippen LogP contribution is 2.57. The number of rotatable bonds is 4. The van der Waals surface area contributed by atoms with E-state index in [-0.39, 0.29) is 0 Å². The van der Waals surface area contributed by atoms with E-state index in [4.69, 9.17) is 8.83 Å². The van der Waals surface area contributed by atoms with Gasteiger partial charge in [-0.05, 0) is 118 Å². The van der Waals surface area contributed by atoms with Gasteiger partial charge in [0.05, 0.1) is 27.5 Å². The molecule has 15 rings (SSSR count). The summed E-state index contributed by atoms with van der Waals surface area (Å²) in [4.78, 5) is 0. The van der Waals surface area contributed by atoms with Crippen molar-refractivity contribution in [3.8, 4) is 22.5 Å². The third kappa shape index (κ3) is 4.60. The van der Waals surface area contributed by atoms with Crippen molar-refractivity contribution in [2.24, 2.45) is 0 Å². The molecular formula is C61H36N2O2. The summed E-state index contributed by atoms with van der Waals surface area (Å²) in [6, 6.07) is 80.0. The van der Waals surface area contributed by atoms with E-state index in [1.165, 1.54) is 66.0 Å². The third-order valence-electron chi connectivity index (χ3n) is 14.4. The van der Waals surface area contributed by atoms with Gasteiger partial charge in [-0.2, -0.15) is 0 Å². The summed E-state index contributed by atoms with van der Waals surface area (Å²) in [5.74, 6) is 0. The Morgan fingerprint density at radius 2 is 0.662 bits per heavy atom. The maximum absolute atomic E-state index is 6.27. The third-order valence-corrected chi connectivity index (χ3v) is 14.4. The van der Waals surface area contributed by atoms with Crippen LogP contribution < -0.4 is 0 Å². The first kappa shape index (κ1) is 34.9. The van der Waals surface area contributed by atoms with Crippen molar-refractivity contribution in [3.63, 3.8) is 0 Å². The molecule has 65 heavy (non-hydrogen) atoms. The molecule has 302 valence electrons. The Labute approximate surface area is 372 Å². The standard InChI is InChI=1S/C61H36N2O2/c1-7-19-51-41(13-1)42-14-2-8-20-52(42)61(51,37-25-29-55-47(33-37)43-15-3-9-21-53(43)62(55)39-27-31-59-49(35-39)45-17-5-11-23-57(45)64-59)38-26-30-56-48(34-38)44-16-4-10-22-54(44)63(56)40-28-32-60-50(36-40)46-18-6-12-24-58(46)65-60/h1-36H. The van der Waals surface area contributed by atoms with Crippen molar-refractivity contribution >= 4 is 87.5 Å². The van der Waals surface area contributed by atoms with Crippen LogP contribution in [0.3, 0.4) is 0 Å². The maximum atomic E-state index is 6.27. The Kier molecular flexibility index (Phi) is 6.85. The van der Waals surface area contributed by atoms with Crippen LogP contribution >= 0.6 is 0 Å². The lowest BCUT2D eigenvalue weighted by molar-refractivity contribution is 0.668. The van der Waals surface area contributed by atoms with Gasteiger partial charge < -0.3 is 18.0 Å². The minimum atomic E-state index is -0.606. The van der Waals surface area contributed by atoms with E-state index >= 15 is 0 Å². The molecule has 1 aliphatic carbocycles. The number of hydrogen-bond donors (Lipinski definition) is 0. The molecule has 0 aliphatic heterocycles. The second-order valence-corrected chi connectivity index (χ2v) is 17.6. The topological polar surface area (TPSA) is 36.1 Å². The highest BCUT2D eigenvalue weighted by molar-refractivity contribution is 6.13. The highest BCUT2D eigenvalue weighted by Gasteiger charge is 2.46. The van der Waals surface area contributed by atoms with Crippen LogP contribution in [-0.4, -0.2) is 9.13 Å². The maximum Gasteiger partial charge on any atom is 0.135 e. The van der Waals surface area contributed by atoms with E-state index in [0.29, 0.717) is 0 Å². The van der Waals surface area contributed by atoms with Gasteiger partial charge >= 0.3 is 0 Å². The summed E-state index contributed by atoms with van der Waals surface area (Å²) in [5, 5.41) is 9.36. The molecule has 0 atom stereocenters. The van der Waals surface area contributed by atoms with Gasteiger partial charge in [0.1, 0.15) is 22.3 Å². The Morgan fingerprint density at radius 1 is 0.277 bits per heavy atom. The quantitative estimate of drug-likeness (QED) is 0.177. The molecule has 4 heterocycles. The van der Waals surface area contributed by atoms with Gasteiger partial charge in [-0.25, -0.2) is 0 Å². The molecule has 0 fully saturated rings. The zero-order valence-electron chi connectivity index (χ0n) is 35.0. The molecule has 14 aromatic rings. The van der Waals surface area contributed by atoms with Crippen LogP contribution in [0.25, 0.3) is 110 Å². The lowest BCUT2D eigenvalue weighted by Gasteiger charge is -2.34. The van der Waals surface area contributed by atoms with E-state index in [0.717, 1.165) is 66.3 Å². The fourth-order valence-corrected chi connectivity index (χ4v) is 11.7. The predicted octanol–water partition coefficient (Wildman–Crippen LogP) is 16.0. The Bertz CT molecular complexity index is 4050. The van der Waals surface area contributed by atoms with Crippen LogP contribution in [0.5, 0.6) is 0 Å². The Balaban J connectivity index is 0.995. The summed E-state index contributed by atoms with van der Waals surface area (Å²) in [6.45, 7) is 0. The number of fused-ring (bicyclic) bond motifs is 15. The normalized spacial score (nSPS) is 13.4. The first-order valence-corrected chi connectivity index (χ1v) is 22.3. The van der Waals surface area contributed by atoms with Gasteiger partial charge in [0, 0.05) is 54.5 Å². The second kappa shape index (κ2) is 12.7. The molecule has 0 saturated heterocycles. The zero-order chi connectivity index (χ0) is 42.4. The lowest BCUT2D eigenvalue weighted by atomic mass is 9.67. The van der Waals surface area contributed by atoms with Crippen molar-refractivity contribution in [2.45, 2.75) is 5.41 Å². The minimum Gasteiger partial charge on any atom is -0.456 e. The fraction of sp³-hybridized carbons (Fsp3) is 0.0164. The number of hydrogen-bond acceptors (Lipinski definition) is 2. The van der Waals surface area contributed by atoms with Gasteiger partial charge in [0.25, 0.3) is 0 Å². The monoisotopic (exact) mass is 828 g/mol. The highest BCUT2D eigenvalue weighted by atomic mass is 16.3. The van der Waals surface area contributed by atoms with E-state index in [2.05, 4.69) is 203 Å². The SMILES string of the molecule is c1ccc2c(c1)-c1ccccc1C2(c1ccc2c(c1)c1ccccc1n2-c1ccc2oc3ccccc3c2c1)c1ccc2c(c1)c1ccccc1n2-c1ccc2oc3ccccc3c2c1. The fourth-order valence-electron chi connectivity index (χ4n) is 11.7. The molecule has 0 amide bonds. The van der Waals surface area contributed by atoms with Crippen LogP contribution in [0.2, 0.25) is 0 Å². The van der Waals surface area contributed by atoms with Crippen LogP contribution in [0.4, 0.5) is 0 Å². The van der Waals surface area contributed by atoms with Gasteiger partial charge in [-0.3, -0.25) is 0 Å². The van der Waals surface area contributed by atoms with Crippen molar-refractivity contribution < 1.29 is 8.83 Å². The van der Waals surface area contributed by atoms with Crippen molar-refractivity contribution in [2.75, 3.05) is 0 Å². The van der Waals surface area contributed by atoms with Crippen LogP contribution in [-0.2, 0) is 5.41 Å². The minimum absolute atomic E-state index is 0.606. The molecule has 0 unspecified atom stereocenters. The van der Waals surface area contributed by atoms with Gasteiger partial charge in [0.15, 0.2) is 0 Å². The molecule has 4 aromatic heterocycles. The van der Waals surface area contributed by atoms with Crippen LogP contribution in [0.1, 0.15) is 22.3 Å². The Morgan fingerprint density at radius 3 is 1.15 bits per heavy atom. The molecule has 4 heteroatoms. The lowest BCUT2D eigenvalue weighted by Crippen LogP contribution is -2.28. The molecule has 0 radical (unpaired) electrons. The number of nitrogens with zero attached hydrogens (tertiary/aromatic N) is 2. The number of furan rings is 2. The molecule has 10 aromatic carbocycles. The first-order chi connectivity index (χ1) is 32.2. The summed E-state index contributed by atoms with van der Waals surface area (Å²) >= 11 is 0. The summed E-state index contributed by atoms with van der Waals surface area (Å²) in [6.07, 6.45) is 0. The number of para-hydroxylation sites is 4. The van der Waals surface area contributed by atoms with Crippen LogP contribution in [0.15, 0.2) is 227 Å². The van der Waals surface area contributed by atoms with Gasteiger partial charge in [-0.15, -0.1) is 0 Å². The molecule has 4 nitrogen and oxygen atoms in total. The van der Waals surface area contributed by atoms with Gasteiger partial charge in [0.2, 0.25) is 0 Å². The summed E-state index contributed by atoms with van der Waals surface area (Å²) in [7, 11) is 0.